The van der Waals surface area contributed by atoms with Gasteiger partial charge in [0.05, 0.1) is 0 Å². The van der Waals surface area contributed by atoms with Crippen LogP contribution in [0.5, 0.6) is 0 Å². The number of benzene rings is 1. The Balaban J connectivity index is 1.69. The zero-order valence-corrected chi connectivity index (χ0v) is 12.4. The van der Waals surface area contributed by atoms with E-state index in [1.165, 1.54) is 61.0 Å². The van der Waals surface area contributed by atoms with E-state index >= 15 is 0 Å². The van der Waals surface area contributed by atoms with Crippen molar-refractivity contribution in [3.63, 3.8) is 0 Å². The topological polar surface area (TPSA) is 15.3 Å². The third-order valence-electron chi connectivity index (χ3n) is 3.94. The van der Waals surface area contributed by atoms with Gasteiger partial charge < -0.3 is 10.2 Å². The van der Waals surface area contributed by atoms with Gasteiger partial charge in [0.1, 0.15) is 0 Å². The van der Waals surface area contributed by atoms with E-state index in [1.807, 2.05) is 0 Å². The maximum Gasteiger partial charge on any atom is 0.0423 e. The van der Waals surface area contributed by atoms with Gasteiger partial charge in [0.15, 0.2) is 0 Å². The molecule has 98 valence electrons. The quantitative estimate of drug-likeness (QED) is 0.895. The van der Waals surface area contributed by atoms with Crippen molar-refractivity contribution in [1.82, 2.24) is 5.32 Å². The number of hydrogen-bond donors (Lipinski definition) is 1. The van der Waals surface area contributed by atoms with Gasteiger partial charge in [-0.3, -0.25) is 0 Å². The molecule has 1 saturated heterocycles. The fourth-order valence-electron chi connectivity index (χ4n) is 2.67. The van der Waals surface area contributed by atoms with Crippen molar-refractivity contribution in [3.8, 4) is 0 Å². The van der Waals surface area contributed by atoms with Crippen molar-refractivity contribution in [2.45, 2.75) is 32.2 Å². The Bertz CT molecular complexity index is 409. The molecule has 1 N–H and O–H groups in total. The summed E-state index contributed by atoms with van der Waals surface area (Å²) in [4.78, 5) is 2.53. The van der Waals surface area contributed by atoms with Crippen LogP contribution in [0.2, 0.25) is 0 Å². The summed E-state index contributed by atoms with van der Waals surface area (Å²) in [5.74, 6) is 0.954. The Hall–Kier alpha value is -0.540. The smallest absolute Gasteiger partial charge is 0.0423 e. The molecule has 1 aliphatic carbocycles. The van der Waals surface area contributed by atoms with Crippen molar-refractivity contribution >= 4 is 21.6 Å². The van der Waals surface area contributed by atoms with Crippen LogP contribution >= 0.6 is 15.9 Å². The minimum absolute atomic E-state index is 0.954. The normalized spacial score (nSPS) is 19.5. The Labute approximate surface area is 118 Å². The molecule has 0 unspecified atom stereocenters. The van der Waals surface area contributed by atoms with Gasteiger partial charge in [-0.15, -0.1) is 0 Å². The highest BCUT2D eigenvalue weighted by atomic mass is 79.9. The van der Waals surface area contributed by atoms with Gasteiger partial charge in [-0.2, -0.15) is 0 Å². The predicted molar refractivity (Wildman–Crippen MR) is 80.0 cm³/mol. The lowest BCUT2D eigenvalue weighted by atomic mass is 10.1. The van der Waals surface area contributed by atoms with E-state index in [0.29, 0.717) is 0 Å². The molecule has 0 bridgehead atoms. The summed E-state index contributed by atoms with van der Waals surface area (Å²) in [5, 5.41) is 3.60. The van der Waals surface area contributed by atoms with Gasteiger partial charge >= 0.3 is 0 Å². The molecule has 0 radical (unpaired) electrons. The monoisotopic (exact) mass is 308 g/mol. The van der Waals surface area contributed by atoms with Crippen LogP contribution in [0.15, 0.2) is 22.7 Å². The largest absolute Gasteiger partial charge is 0.371 e. The lowest BCUT2D eigenvalue weighted by Gasteiger charge is -2.22. The van der Waals surface area contributed by atoms with Gasteiger partial charge in [0, 0.05) is 29.8 Å². The molecular formula is C15H21BrN2. The van der Waals surface area contributed by atoms with E-state index in [1.54, 1.807) is 0 Å². The summed E-state index contributed by atoms with van der Waals surface area (Å²) >= 11 is 3.60. The molecule has 1 aromatic carbocycles. The average Bonchev–Trinajstić information content (AvgIpc) is 3.03. The van der Waals surface area contributed by atoms with Crippen molar-refractivity contribution in [3.05, 3.63) is 28.2 Å². The maximum absolute atomic E-state index is 3.60. The van der Waals surface area contributed by atoms with Gasteiger partial charge in [-0.1, -0.05) is 22.0 Å². The summed E-state index contributed by atoms with van der Waals surface area (Å²) in [5.41, 5.74) is 2.87. The molecule has 0 spiro atoms. The highest BCUT2D eigenvalue weighted by Crippen LogP contribution is 2.30. The molecule has 1 heterocycles. The van der Waals surface area contributed by atoms with Crippen LogP contribution in [0.4, 0.5) is 5.69 Å². The van der Waals surface area contributed by atoms with Crippen LogP contribution in [0, 0.1) is 5.92 Å². The summed E-state index contributed by atoms with van der Waals surface area (Å²) < 4.78 is 1.19. The molecule has 0 aromatic heterocycles. The minimum atomic E-state index is 0.954. The van der Waals surface area contributed by atoms with Crippen molar-refractivity contribution < 1.29 is 0 Å². The van der Waals surface area contributed by atoms with E-state index in [2.05, 4.69) is 44.3 Å². The van der Waals surface area contributed by atoms with Gasteiger partial charge in [-0.05, 0) is 55.8 Å². The summed E-state index contributed by atoms with van der Waals surface area (Å²) in [7, 11) is 0. The molecule has 18 heavy (non-hydrogen) atoms. The molecule has 1 saturated carbocycles. The van der Waals surface area contributed by atoms with Crippen molar-refractivity contribution in [2.75, 3.05) is 24.5 Å². The number of nitrogens with zero attached hydrogens (tertiary/aromatic N) is 1. The Kier molecular flexibility index (Phi) is 3.90. The van der Waals surface area contributed by atoms with Crippen LogP contribution < -0.4 is 10.2 Å². The third-order valence-corrected chi connectivity index (χ3v) is 4.43. The van der Waals surface area contributed by atoms with Crippen LogP contribution in [-0.4, -0.2) is 19.6 Å². The van der Waals surface area contributed by atoms with Crippen molar-refractivity contribution in [2.24, 2.45) is 5.92 Å². The van der Waals surface area contributed by atoms with Crippen LogP contribution in [0.25, 0.3) is 0 Å². The molecule has 2 aliphatic rings. The summed E-state index contributed by atoms with van der Waals surface area (Å²) in [6.45, 7) is 4.63. The molecule has 1 aromatic rings. The third kappa shape index (κ3) is 3.07. The highest BCUT2D eigenvalue weighted by molar-refractivity contribution is 9.10. The first-order valence-electron chi connectivity index (χ1n) is 7.07. The van der Waals surface area contributed by atoms with Crippen LogP contribution in [-0.2, 0) is 6.54 Å². The van der Waals surface area contributed by atoms with E-state index < -0.39 is 0 Å². The summed E-state index contributed by atoms with van der Waals surface area (Å²) in [6, 6.07) is 6.70. The number of anilines is 1. The van der Waals surface area contributed by atoms with Gasteiger partial charge in [-0.25, -0.2) is 0 Å². The molecule has 1 aliphatic heterocycles. The molecular weight excluding hydrogens is 288 g/mol. The van der Waals surface area contributed by atoms with Gasteiger partial charge in [0.25, 0.3) is 0 Å². The lowest BCUT2D eigenvalue weighted by molar-refractivity contribution is 0.638. The number of hydrogen-bond acceptors (Lipinski definition) is 2. The van der Waals surface area contributed by atoms with E-state index in [4.69, 9.17) is 0 Å². The summed E-state index contributed by atoms with van der Waals surface area (Å²) in [6.07, 6.45) is 5.52. The fourth-order valence-corrected chi connectivity index (χ4v) is 3.02. The fraction of sp³-hybridized carbons (Fsp3) is 0.600. The second-order valence-corrected chi connectivity index (χ2v) is 6.46. The molecule has 0 atom stereocenters. The molecule has 2 fully saturated rings. The SMILES string of the molecule is Brc1ccc(CNCC2CC2)c(N2CCCC2)c1. The Morgan fingerprint density at radius 3 is 2.72 bits per heavy atom. The molecule has 2 nitrogen and oxygen atoms in total. The van der Waals surface area contributed by atoms with E-state index in [-0.39, 0.29) is 0 Å². The zero-order valence-electron chi connectivity index (χ0n) is 10.8. The second-order valence-electron chi connectivity index (χ2n) is 5.54. The standard InChI is InChI=1S/C15H21BrN2/c16-14-6-5-13(11-17-10-12-3-4-12)15(9-14)18-7-1-2-8-18/h5-6,9,12,17H,1-4,7-8,10-11H2. The van der Waals surface area contributed by atoms with Gasteiger partial charge in [0.2, 0.25) is 0 Å². The first kappa shape index (κ1) is 12.5. The Morgan fingerprint density at radius 2 is 2.00 bits per heavy atom. The maximum atomic E-state index is 3.60. The number of rotatable bonds is 5. The van der Waals surface area contributed by atoms with E-state index in [9.17, 15) is 0 Å². The highest BCUT2D eigenvalue weighted by Gasteiger charge is 2.21. The molecule has 0 amide bonds. The predicted octanol–water partition coefficient (Wildman–Crippen LogP) is 3.55. The first-order valence-corrected chi connectivity index (χ1v) is 7.86. The lowest BCUT2D eigenvalue weighted by Crippen LogP contribution is -2.22. The van der Waals surface area contributed by atoms with Crippen LogP contribution in [0.3, 0.4) is 0 Å². The van der Waals surface area contributed by atoms with Crippen molar-refractivity contribution in [1.29, 1.82) is 0 Å². The molecule has 3 rings (SSSR count). The van der Waals surface area contributed by atoms with E-state index in [0.717, 1.165) is 12.5 Å². The Morgan fingerprint density at radius 1 is 1.22 bits per heavy atom. The zero-order chi connectivity index (χ0) is 12.4. The van der Waals surface area contributed by atoms with Crippen LogP contribution in [0.1, 0.15) is 31.2 Å². The number of halogens is 1. The first-order chi connectivity index (χ1) is 8.83. The average molecular weight is 309 g/mol. The second kappa shape index (κ2) is 5.62. The minimum Gasteiger partial charge on any atom is -0.371 e. The number of nitrogens with one attached hydrogen (secondary N) is 1. The molecule has 3 heteroatoms.